The van der Waals surface area contributed by atoms with Crippen LogP contribution < -0.4 is 54.0 Å². The van der Waals surface area contributed by atoms with Gasteiger partial charge in [0.25, 0.3) is 0 Å². The van der Waals surface area contributed by atoms with Crippen LogP contribution in [-0.2, 0) is 54.4 Å². The standard InChI is InChI=1S/C39H54N12O16S2/c40-29(54)11-22-36(62)48-24(33(41)59)16-68-69-17-25(49-39(65)44-19-4-2-1-3-5-19)37(63)46-23(12-32(57)58)35(61)42-13-30(55)45-21(8-18-6-7-28(53)26(9-18)51(66)67)34(60)43-14-31(56)50-15-20(52)10-27(50)38(64)47-22/h6-7,9,19-25,27,52-53H,1-5,8,10-17H2,(H2,40,54)(H2,41,59)(H,42,61)(H,43,60)(H,45,55)(H,46,63)(H,47,64)(H,48,62)(H,57,58)(H2,44,49,65)/t20-,21+,22+,23-,24-,25-,27+/m1/s1. The molecule has 1 saturated carbocycles. The number of rotatable bonds is 10. The number of aliphatic hydroxyl groups is 1. The van der Waals surface area contributed by atoms with Gasteiger partial charge < -0.3 is 74.2 Å². The van der Waals surface area contributed by atoms with Crippen LogP contribution in [0, 0.1) is 10.1 Å². The van der Waals surface area contributed by atoms with Gasteiger partial charge in [0.1, 0.15) is 36.3 Å². The number of phenols is 1. The molecule has 3 fully saturated rings. The first kappa shape index (κ1) is 54.7. The molecular weight excluding hydrogens is 957 g/mol. The summed E-state index contributed by atoms with van der Waals surface area (Å²) in [6, 6.07) is -7.68. The topological polar surface area (TPSA) is 443 Å². The minimum atomic E-state index is -1.86. The number of aliphatic carboxylic acids is 1. The fourth-order valence-electron chi connectivity index (χ4n) is 7.40. The first-order valence-corrected chi connectivity index (χ1v) is 23.9. The summed E-state index contributed by atoms with van der Waals surface area (Å²) >= 11 is 0. The number of phenolic OH excluding ortho intramolecular Hbond substituents is 1. The molecular formula is C39H54N12O16S2. The molecule has 1 aliphatic carbocycles. The van der Waals surface area contributed by atoms with Gasteiger partial charge in [0.05, 0.1) is 37.0 Å². The van der Waals surface area contributed by atoms with E-state index in [-0.39, 0.29) is 29.5 Å². The molecule has 15 N–H and O–H groups in total. The summed E-state index contributed by atoms with van der Waals surface area (Å²) in [5.41, 5.74) is 10.2. The van der Waals surface area contributed by atoms with Crippen LogP contribution in [0.15, 0.2) is 18.2 Å². The number of carbonyl (C=O) groups excluding carboxylic acids is 10. The van der Waals surface area contributed by atoms with E-state index < -0.39 is 163 Å². The molecule has 2 aliphatic heterocycles. The molecule has 69 heavy (non-hydrogen) atoms. The number of carboxylic acid groups (broad SMARTS) is 1. The van der Waals surface area contributed by atoms with Crippen LogP contribution in [0.25, 0.3) is 0 Å². The highest BCUT2D eigenvalue weighted by Crippen LogP contribution is 2.27. The molecule has 0 bridgehead atoms. The van der Waals surface area contributed by atoms with E-state index in [9.17, 15) is 78.2 Å². The number of carbonyl (C=O) groups is 11. The average Bonchev–Trinajstić information content (AvgIpc) is 3.68. The number of nitrogens with zero attached hydrogens (tertiary/aromatic N) is 2. The molecule has 0 aromatic heterocycles. The maximum Gasteiger partial charge on any atom is 0.315 e. The first-order valence-electron chi connectivity index (χ1n) is 21.4. The van der Waals surface area contributed by atoms with Gasteiger partial charge >= 0.3 is 17.7 Å². The minimum Gasteiger partial charge on any atom is -0.502 e. The van der Waals surface area contributed by atoms with Gasteiger partial charge in [-0.05, 0) is 24.5 Å². The summed E-state index contributed by atoms with van der Waals surface area (Å²) in [5, 5.41) is 60.5. The number of amides is 11. The summed E-state index contributed by atoms with van der Waals surface area (Å²) < 4.78 is 0. The van der Waals surface area contributed by atoms with Crippen molar-refractivity contribution in [2.45, 2.75) is 106 Å². The van der Waals surface area contributed by atoms with Crippen molar-refractivity contribution in [3.63, 3.8) is 0 Å². The van der Waals surface area contributed by atoms with Crippen molar-refractivity contribution in [2.24, 2.45) is 11.5 Å². The van der Waals surface area contributed by atoms with Crippen LogP contribution in [0.4, 0.5) is 10.5 Å². The van der Waals surface area contributed by atoms with Crippen LogP contribution >= 0.6 is 21.6 Å². The smallest absolute Gasteiger partial charge is 0.315 e. The van der Waals surface area contributed by atoms with Gasteiger partial charge in [-0.25, -0.2) is 4.79 Å². The van der Waals surface area contributed by atoms with E-state index in [1.54, 1.807) is 0 Å². The third-order valence-electron chi connectivity index (χ3n) is 10.9. The molecule has 0 unspecified atom stereocenters. The van der Waals surface area contributed by atoms with Crippen LogP contribution in [0.2, 0.25) is 0 Å². The van der Waals surface area contributed by atoms with E-state index >= 15 is 0 Å². The Bertz CT molecular complexity index is 2160. The van der Waals surface area contributed by atoms with Crippen molar-refractivity contribution in [3.05, 3.63) is 33.9 Å². The van der Waals surface area contributed by atoms with Crippen molar-refractivity contribution in [1.29, 1.82) is 0 Å². The van der Waals surface area contributed by atoms with Gasteiger partial charge in [-0.3, -0.25) is 58.1 Å². The summed E-state index contributed by atoms with van der Waals surface area (Å²) in [6.07, 6.45) is -0.0225. The Morgan fingerprint density at radius 1 is 0.797 bits per heavy atom. The normalized spacial score (nSPS) is 25.6. The van der Waals surface area contributed by atoms with Gasteiger partial charge in [-0.1, -0.05) is 46.9 Å². The number of fused-ring (bicyclic) bond motifs is 1. The van der Waals surface area contributed by atoms with Crippen molar-refractivity contribution >= 4 is 92.4 Å². The van der Waals surface area contributed by atoms with E-state index in [4.69, 9.17) is 11.5 Å². The fourth-order valence-corrected chi connectivity index (χ4v) is 9.74. The monoisotopic (exact) mass is 1010 g/mol. The number of nitro benzene ring substituents is 1. The Kier molecular flexibility index (Phi) is 20.6. The number of primary amides is 2. The maximum atomic E-state index is 13.7. The summed E-state index contributed by atoms with van der Waals surface area (Å²) in [5.74, 6) is -12.6. The molecule has 1 aromatic rings. The van der Waals surface area contributed by atoms with Gasteiger partial charge in [0, 0.05) is 43.0 Å². The Balaban J connectivity index is 1.67. The van der Waals surface area contributed by atoms with Crippen molar-refractivity contribution in [2.75, 3.05) is 31.1 Å². The number of hydrogen-bond donors (Lipinski definition) is 13. The number of hydrogen-bond acceptors (Lipinski definition) is 17. The van der Waals surface area contributed by atoms with Gasteiger partial charge in [-0.15, -0.1) is 0 Å². The quantitative estimate of drug-likeness (QED) is 0.0594. The average molecular weight is 1010 g/mol. The first-order chi connectivity index (χ1) is 32.6. The number of nitro groups is 1. The van der Waals surface area contributed by atoms with E-state index in [1.807, 2.05) is 0 Å². The number of nitrogens with two attached hydrogens (primary N) is 2. The Labute approximate surface area is 400 Å². The fraction of sp³-hybridized carbons (Fsp3) is 0.564. The number of carboxylic acids is 1. The number of aliphatic hydroxyl groups excluding tert-OH is 1. The lowest BCUT2D eigenvalue weighted by molar-refractivity contribution is -0.385. The zero-order valence-electron chi connectivity index (χ0n) is 36.8. The molecule has 2 saturated heterocycles. The lowest BCUT2D eigenvalue weighted by atomic mass is 9.96. The van der Waals surface area contributed by atoms with Crippen molar-refractivity contribution in [1.82, 2.24) is 47.4 Å². The summed E-state index contributed by atoms with van der Waals surface area (Å²) in [6.45, 7) is -2.28. The van der Waals surface area contributed by atoms with Crippen LogP contribution in [0.1, 0.15) is 56.9 Å². The molecule has 11 amide bonds. The second kappa shape index (κ2) is 26.0. The molecule has 378 valence electrons. The predicted molar refractivity (Wildman–Crippen MR) is 241 cm³/mol. The minimum absolute atomic E-state index is 0.0162. The Morgan fingerprint density at radius 2 is 1.43 bits per heavy atom. The molecule has 30 heteroatoms. The Morgan fingerprint density at radius 3 is 2.09 bits per heavy atom. The van der Waals surface area contributed by atoms with Crippen LogP contribution in [0.3, 0.4) is 0 Å². The molecule has 0 spiro atoms. The van der Waals surface area contributed by atoms with E-state index in [2.05, 4.69) is 42.5 Å². The molecule has 0 radical (unpaired) electrons. The van der Waals surface area contributed by atoms with Crippen LogP contribution in [-0.4, -0.2) is 170 Å². The second-order valence-electron chi connectivity index (χ2n) is 16.2. The van der Waals surface area contributed by atoms with Crippen molar-refractivity contribution < 1.29 is 73.0 Å². The molecule has 3 aliphatic rings. The third kappa shape index (κ3) is 17.3. The van der Waals surface area contributed by atoms with Crippen molar-refractivity contribution in [3.8, 4) is 5.75 Å². The van der Waals surface area contributed by atoms with Gasteiger partial charge in [-0.2, -0.15) is 0 Å². The molecule has 7 atom stereocenters. The molecule has 2 heterocycles. The largest absolute Gasteiger partial charge is 0.502 e. The number of urea groups is 1. The summed E-state index contributed by atoms with van der Waals surface area (Å²) in [7, 11) is 1.76. The molecule has 28 nitrogen and oxygen atoms in total. The molecule has 4 rings (SSSR count). The number of benzene rings is 1. The van der Waals surface area contributed by atoms with Crippen LogP contribution in [0.5, 0.6) is 5.75 Å². The Hall–Kier alpha value is -6.95. The second-order valence-corrected chi connectivity index (χ2v) is 18.8. The zero-order valence-corrected chi connectivity index (χ0v) is 38.4. The maximum absolute atomic E-state index is 13.7. The van der Waals surface area contributed by atoms with Gasteiger partial charge in [0.15, 0.2) is 5.75 Å². The zero-order chi connectivity index (χ0) is 50.9. The lowest BCUT2D eigenvalue weighted by Gasteiger charge is -2.27. The number of nitrogens with one attached hydrogen (secondary N) is 8. The highest BCUT2D eigenvalue weighted by Gasteiger charge is 2.41. The van der Waals surface area contributed by atoms with Gasteiger partial charge in [0.2, 0.25) is 53.2 Å². The highest BCUT2D eigenvalue weighted by molar-refractivity contribution is 8.76. The number of aromatic hydroxyl groups is 1. The third-order valence-corrected chi connectivity index (χ3v) is 13.3. The van der Waals surface area contributed by atoms with E-state index in [0.717, 1.165) is 57.9 Å². The molecule has 1 aromatic carbocycles. The van der Waals surface area contributed by atoms with E-state index in [0.29, 0.717) is 12.8 Å². The predicted octanol–water partition coefficient (Wildman–Crippen LogP) is -4.79. The SMILES string of the molecule is NC(=O)C[C@@H]1NC(=O)[C@@H]2C[C@@H](O)CN2C(=O)CNC(=O)[C@H](Cc2ccc(O)c([N+](=O)[O-])c2)NC(=O)CNC(=O)[C@@H](CC(=O)O)NC(=O)[C@H](NC(=O)NC2CCCCC2)CSSC[C@H](C(N)=O)NC1=O. The summed E-state index contributed by atoms with van der Waals surface area (Å²) in [4.78, 5) is 156. The lowest BCUT2D eigenvalue weighted by Crippen LogP contribution is -2.58. The van der Waals surface area contributed by atoms with E-state index in [1.165, 1.54) is 6.07 Å². The highest BCUT2D eigenvalue weighted by atomic mass is 33.1.